The van der Waals surface area contributed by atoms with Gasteiger partial charge in [-0.15, -0.1) is 0 Å². The molecule has 4 N–H and O–H groups in total. The first-order valence-electron chi connectivity index (χ1n) is 25.2. The van der Waals surface area contributed by atoms with Crippen LogP contribution in [0.5, 0.6) is 0 Å². The molecule has 0 spiro atoms. The number of amides is 2. The monoisotopic (exact) mass is 1050 g/mol. The first-order chi connectivity index (χ1) is 36.0. The predicted molar refractivity (Wildman–Crippen MR) is 263 cm³/mol. The van der Waals surface area contributed by atoms with E-state index in [-0.39, 0.29) is 53.8 Å². The molecular formula is C56H62N2O18. The zero-order valence-electron chi connectivity index (χ0n) is 42.9. The van der Waals surface area contributed by atoms with Crippen molar-refractivity contribution in [1.82, 2.24) is 10.2 Å². The first-order valence-corrected chi connectivity index (χ1v) is 25.2. The Morgan fingerprint density at radius 2 is 1.45 bits per heavy atom. The number of hydrogen-bond acceptors (Lipinski definition) is 17. The summed E-state index contributed by atoms with van der Waals surface area (Å²) in [5.74, 6) is -10.3. The van der Waals surface area contributed by atoms with Crippen molar-refractivity contribution in [3.63, 3.8) is 0 Å². The Kier molecular flexibility index (Phi) is 15.5. The lowest BCUT2D eigenvalue weighted by atomic mass is 9.44. The maximum absolute atomic E-state index is 15.8. The van der Waals surface area contributed by atoms with Crippen LogP contribution < -0.4 is 5.32 Å². The van der Waals surface area contributed by atoms with Gasteiger partial charge >= 0.3 is 35.8 Å². The summed E-state index contributed by atoms with van der Waals surface area (Å²) >= 11 is 0. The normalized spacial score (nSPS) is 30.0. The lowest BCUT2D eigenvalue weighted by Crippen LogP contribution is -2.82. The molecule has 4 fully saturated rings. The van der Waals surface area contributed by atoms with E-state index in [1.54, 1.807) is 66.7 Å². The molecule has 20 nitrogen and oxygen atoms in total. The number of Topliss-reactive ketones (excluding diaryl/α,β-unsaturated/α-hetero) is 1. The molecule has 3 aliphatic carbocycles. The van der Waals surface area contributed by atoms with Gasteiger partial charge in [0.1, 0.15) is 36.0 Å². The zero-order chi connectivity index (χ0) is 55.1. The fourth-order valence-electron chi connectivity index (χ4n) is 12.2. The molecule has 2 saturated heterocycles. The molecule has 0 unspecified atom stereocenters. The number of nitrogens with one attached hydrogen (secondary N) is 1. The van der Waals surface area contributed by atoms with Gasteiger partial charge in [0.05, 0.1) is 36.0 Å². The van der Waals surface area contributed by atoms with Crippen molar-refractivity contribution in [1.29, 1.82) is 0 Å². The third-order valence-electron chi connectivity index (χ3n) is 16.1. The van der Waals surface area contributed by atoms with Crippen LogP contribution in [0.2, 0.25) is 0 Å². The molecule has 0 radical (unpaired) electrons. The summed E-state index contributed by atoms with van der Waals surface area (Å²) in [5.41, 5.74) is -7.91. The van der Waals surface area contributed by atoms with Gasteiger partial charge in [-0.3, -0.25) is 28.8 Å². The average molecular weight is 1050 g/mol. The van der Waals surface area contributed by atoms with Gasteiger partial charge in [-0.2, -0.15) is 0 Å². The van der Waals surface area contributed by atoms with Crippen molar-refractivity contribution in [2.45, 2.75) is 140 Å². The van der Waals surface area contributed by atoms with Crippen LogP contribution in [0.4, 0.5) is 0 Å². The average Bonchev–Trinajstić information content (AvgIpc) is 3.89. The molecule has 2 amide bonds. The molecule has 76 heavy (non-hydrogen) atoms. The molecule has 2 saturated carbocycles. The van der Waals surface area contributed by atoms with Crippen molar-refractivity contribution in [2.75, 3.05) is 13.2 Å². The first kappa shape index (κ1) is 55.0. The van der Waals surface area contributed by atoms with E-state index in [4.69, 9.17) is 28.4 Å². The molecule has 8 rings (SSSR count). The molecule has 2 heterocycles. The van der Waals surface area contributed by atoms with E-state index in [1.807, 2.05) is 0 Å². The van der Waals surface area contributed by atoms with Gasteiger partial charge < -0.3 is 54.0 Å². The van der Waals surface area contributed by atoms with E-state index in [1.165, 1.54) is 56.9 Å². The number of aliphatic hydroxyl groups excluding tert-OH is 1. The smallest absolute Gasteiger partial charge is 0.350 e. The van der Waals surface area contributed by atoms with E-state index >= 15 is 9.59 Å². The predicted octanol–water partition coefficient (Wildman–Crippen LogP) is 4.14. The molecule has 20 heteroatoms. The largest absolute Gasteiger partial charge is 0.481 e. The molecule has 5 aliphatic rings. The number of likely N-dealkylation sites (tertiary alicyclic amines) is 1. The zero-order valence-corrected chi connectivity index (χ0v) is 42.9. The maximum atomic E-state index is 15.8. The molecule has 2 aliphatic heterocycles. The van der Waals surface area contributed by atoms with Gasteiger partial charge in [0, 0.05) is 50.6 Å². The summed E-state index contributed by atoms with van der Waals surface area (Å²) in [5, 5.41) is 38.4. The molecule has 0 aromatic heterocycles. The van der Waals surface area contributed by atoms with E-state index < -0.39 is 149 Å². The fraction of sp³-hybridized carbons (Fsp3) is 0.482. The highest BCUT2D eigenvalue weighted by Crippen LogP contribution is 2.64. The Morgan fingerprint density at radius 3 is 2.03 bits per heavy atom. The Hall–Kier alpha value is -7.29. The lowest BCUT2D eigenvalue weighted by Gasteiger charge is -2.67. The summed E-state index contributed by atoms with van der Waals surface area (Å²) in [6.07, 6.45) is -11.8. The number of rotatable bonds is 15. The Labute approximate surface area is 438 Å². The summed E-state index contributed by atoms with van der Waals surface area (Å²) in [6, 6.07) is 20.9. The maximum Gasteiger partial charge on any atom is 0.350 e. The van der Waals surface area contributed by atoms with Gasteiger partial charge in [-0.05, 0) is 67.7 Å². The van der Waals surface area contributed by atoms with Crippen LogP contribution in [0.15, 0.2) is 102 Å². The van der Waals surface area contributed by atoms with E-state index in [0.717, 1.165) is 13.8 Å². The summed E-state index contributed by atoms with van der Waals surface area (Å²) in [4.78, 5) is 127. The quantitative estimate of drug-likeness (QED) is 0.0945. The Bertz CT molecular complexity index is 2820. The number of ketones is 1. The SMILES string of the molecule is CC(=O)O[C@H]1C(=O)[C@@]2(C)[C@H]([C@H](OC(=O)c3ccccc3)[C@]3(O)C[C@H](OC(=O)[C@H](OC(=O)[C@@H]4CCCN4C(=O)CCC(=O)O)[C@@H](NC(=O)c4ccccc4)c4ccccc4)C(C)=C1C3(C)C)[C@]1(OC(C)=O)CO[C@@H]1C[C@@H]2O. The van der Waals surface area contributed by atoms with Crippen molar-refractivity contribution in [2.24, 2.45) is 16.7 Å². The summed E-state index contributed by atoms with van der Waals surface area (Å²) in [6.45, 7) is 7.76. The molecule has 3 aromatic carbocycles. The molecule has 404 valence electrons. The van der Waals surface area contributed by atoms with Crippen molar-refractivity contribution in [3.8, 4) is 0 Å². The minimum Gasteiger partial charge on any atom is -0.481 e. The number of esters is 5. The van der Waals surface area contributed by atoms with Crippen molar-refractivity contribution in [3.05, 3.63) is 119 Å². The number of nitrogens with zero attached hydrogens (tertiary/aromatic N) is 1. The van der Waals surface area contributed by atoms with Gasteiger partial charge in [-0.25, -0.2) is 14.4 Å². The number of carbonyl (C=O) groups is 9. The van der Waals surface area contributed by atoms with Crippen LogP contribution >= 0.6 is 0 Å². The Balaban J connectivity index is 1.29. The summed E-state index contributed by atoms with van der Waals surface area (Å²) in [7, 11) is 0. The Morgan fingerprint density at radius 1 is 0.829 bits per heavy atom. The molecule has 12 atom stereocenters. The minimum atomic E-state index is -2.53. The molecule has 3 aromatic rings. The number of carboxylic acid groups (broad SMARTS) is 1. The van der Waals surface area contributed by atoms with Crippen molar-refractivity contribution < 1.29 is 86.9 Å². The fourth-order valence-corrected chi connectivity index (χ4v) is 12.2. The number of hydrogen-bond donors (Lipinski definition) is 4. The van der Waals surface area contributed by atoms with Crippen LogP contribution in [-0.2, 0) is 62.0 Å². The van der Waals surface area contributed by atoms with E-state index in [2.05, 4.69) is 5.32 Å². The highest BCUT2D eigenvalue weighted by molar-refractivity contribution is 5.97. The highest BCUT2D eigenvalue weighted by Gasteiger charge is 2.78. The van der Waals surface area contributed by atoms with Crippen LogP contribution in [0.3, 0.4) is 0 Å². The molecule has 2 bridgehead atoms. The highest BCUT2D eigenvalue weighted by atomic mass is 16.6. The number of ether oxygens (including phenoxy) is 6. The molecular weight excluding hydrogens is 989 g/mol. The topological polar surface area (TPSA) is 285 Å². The van der Waals surface area contributed by atoms with E-state index in [0.29, 0.717) is 6.42 Å². The van der Waals surface area contributed by atoms with E-state index in [9.17, 15) is 48.9 Å². The standard InChI is InChI=1S/C56H62N2O18/c1-30-37(73-52(69)45(74-51(68)36-23-16-26-58(36)40(62)24-25-41(63)64)43(33-17-10-7-11-18-33)57-49(66)34-19-12-8-13-20-34)28-56(70)48(75-50(67)35-21-14-9-15-22-35)46-54(6,38(61)27-39-55(46,29-71-39)76-32(3)60)47(65)44(72-31(2)59)42(30)53(56,4)5/h7-15,17-22,36-39,43-46,48,61,70H,16,23-29H2,1-6H3,(H,57,66)(H,63,64)/t36-,37-,38-,39+,43-,44+,45+,46-,48-,54+,55-,56+/m0/s1. The number of fused-ring (bicyclic) bond motifs is 5. The number of benzene rings is 3. The van der Waals surface area contributed by atoms with Gasteiger partial charge in [0.15, 0.2) is 17.5 Å². The van der Waals surface area contributed by atoms with Crippen LogP contribution in [0.1, 0.15) is 112 Å². The van der Waals surface area contributed by atoms with Crippen LogP contribution in [-0.4, -0.2) is 141 Å². The second-order valence-electron chi connectivity index (χ2n) is 20.9. The van der Waals surface area contributed by atoms with Crippen LogP contribution in [0.25, 0.3) is 0 Å². The van der Waals surface area contributed by atoms with Gasteiger partial charge in [0.25, 0.3) is 5.91 Å². The third-order valence-corrected chi connectivity index (χ3v) is 16.1. The second-order valence-corrected chi connectivity index (χ2v) is 20.9. The number of carbonyl (C=O) groups excluding carboxylic acids is 8. The van der Waals surface area contributed by atoms with Crippen molar-refractivity contribution >= 4 is 53.4 Å². The third kappa shape index (κ3) is 9.88. The lowest BCUT2D eigenvalue weighted by molar-refractivity contribution is -0.346. The van der Waals surface area contributed by atoms with Gasteiger partial charge in [0.2, 0.25) is 12.0 Å². The van der Waals surface area contributed by atoms with Gasteiger partial charge in [-0.1, -0.05) is 80.6 Å². The second kappa shape index (κ2) is 21.4. The van der Waals surface area contributed by atoms with Crippen LogP contribution in [0, 0.1) is 16.7 Å². The number of carboxylic acids is 1. The summed E-state index contributed by atoms with van der Waals surface area (Å²) < 4.78 is 37.0. The number of aliphatic hydroxyl groups is 2. The minimum absolute atomic E-state index is 0.0143. The number of aliphatic carboxylic acids is 1.